The molecule has 254 valence electrons. The summed E-state index contributed by atoms with van der Waals surface area (Å²) in [7, 11) is 0. The van der Waals surface area contributed by atoms with Gasteiger partial charge in [-0.05, 0) is 96.7 Å². The van der Waals surface area contributed by atoms with Crippen molar-refractivity contribution in [2.45, 2.75) is 137 Å². The van der Waals surface area contributed by atoms with Gasteiger partial charge in [-0.1, -0.05) is 48.5 Å². The highest BCUT2D eigenvalue weighted by molar-refractivity contribution is 5.78. The minimum atomic E-state index is -0.487. The van der Waals surface area contributed by atoms with Gasteiger partial charge in [-0.15, -0.1) is 0 Å². The van der Waals surface area contributed by atoms with Crippen LogP contribution in [0.4, 0.5) is 0 Å². The lowest BCUT2D eigenvalue weighted by atomic mass is 9.41. The van der Waals surface area contributed by atoms with Crippen molar-refractivity contribution in [3.05, 3.63) is 0 Å². The molecular formula is C37H60N2O6. The Balaban J connectivity index is 1.10. The maximum Gasteiger partial charge on any atom is 0.225 e. The number of nitrogens with one attached hydrogen (secondary N) is 1. The van der Waals surface area contributed by atoms with E-state index in [0.717, 1.165) is 25.7 Å². The molecule has 2 heterocycles. The predicted molar refractivity (Wildman–Crippen MR) is 171 cm³/mol. The van der Waals surface area contributed by atoms with Crippen LogP contribution in [0.15, 0.2) is 0 Å². The number of nitrogens with zero attached hydrogens (tertiary/aromatic N) is 1. The fraction of sp³-hybridized carbons (Fsp3) is 0.946. The van der Waals surface area contributed by atoms with E-state index in [1.807, 2.05) is 18.7 Å². The SMILES string of the molecule is CC(=O)NCC1CC(C)C2C(O1)[C@H](O)[C@@]1(C)C3CC[C@H]4C(C)(C)C(O[C@H]5CN(C(=O)C(C)C)CCO5)CC[C@@]45C[C@@]35CC[C@]21C. The van der Waals surface area contributed by atoms with Crippen LogP contribution in [0.25, 0.3) is 0 Å². The number of hydrogen-bond donors (Lipinski definition) is 2. The summed E-state index contributed by atoms with van der Waals surface area (Å²) in [6, 6.07) is 0. The van der Waals surface area contributed by atoms with Crippen LogP contribution in [0.5, 0.6) is 0 Å². The van der Waals surface area contributed by atoms with E-state index in [1.54, 1.807) is 6.92 Å². The van der Waals surface area contributed by atoms with Crippen molar-refractivity contribution in [2.75, 3.05) is 26.2 Å². The maximum absolute atomic E-state index is 12.7. The van der Waals surface area contributed by atoms with Crippen molar-refractivity contribution in [1.29, 1.82) is 0 Å². The second-order valence-electron chi connectivity index (χ2n) is 17.9. The minimum Gasteiger partial charge on any atom is -0.390 e. The number of amides is 2. The summed E-state index contributed by atoms with van der Waals surface area (Å²) >= 11 is 0. The first kappa shape index (κ1) is 32.3. The average Bonchev–Trinajstić information content (AvgIpc) is 3.62. The van der Waals surface area contributed by atoms with Gasteiger partial charge >= 0.3 is 0 Å². The Morgan fingerprint density at radius 3 is 2.47 bits per heavy atom. The van der Waals surface area contributed by atoms with Crippen LogP contribution in [-0.2, 0) is 23.8 Å². The van der Waals surface area contributed by atoms with Crippen LogP contribution in [-0.4, -0.2) is 78.8 Å². The molecule has 2 spiro atoms. The zero-order chi connectivity index (χ0) is 32.3. The molecule has 2 N–H and O–H groups in total. The van der Waals surface area contributed by atoms with Crippen LogP contribution in [0.1, 0.15) is 107 Å². The number of aliphatic hydroxyl groups excluding tert-OH is 1. The molecular weight excluding hydrogens is 568 g/mol. The van der Waals surface area contributed by atoms with Crippen molar-refractivity contribution in [1.82, 2.24) is 10.2 Å². The molecule has 0 bridgehead atoms. The van der Waals surface area contributed by atoms with Gasteiger partial charge in [-0.2, -0.15) is 0 Å². The minimum absolute atomic E-state index is 0.0128. The van der Waals surface area contributed by atoms with E-state index in [1.165, 1.54) is 25.7 Å². The van der Waals surface area contributed by atoms with Gasteiger partial charge in [0.15, 0.2) is 6.29 Å². The lowest BCUT2D eigenvalue weighted by Crippen LogP contribution is -2.60. The standard InChI is InChI=1S/C37H60N2O6/c1-21(2)32(42)39-15-16-43-28(19-39)45-27-11-12-36-20-37(36)14-13-34(7)29-22(3)17-24(18-38-23(4)40)44-30(29)31(41)35(34,8)26(37)10-9-25(36)33(27,5)6/h21-22,24-31,41H,9-20H2,1-8H3,(H,38,40)/t22?,24?,25-,26?,27?,28-,29?,30?,31-,34+,35+,36+,37-/m0/s1. The molecule has 8 nitrogen and oxygen atoms in total. The van der Waals surface area contributed by atoms with E-state index >= 15 is 0 Å². The molecule has 6 unspecified atom stereocenters. The summed E-state index contributed by atoms with van der Waals surface area (Å²) in [5, 5.41) is 15.3. The largest absolute Gasteiger partial charge is 0.390 e. The van der Waals surface area contributed by atoms with Crippen LogP contribution < -0.4 is 5.32 Å². The van der Waals surface area contributed by atoms with Crippen LogP contribution in [0, 0.1) is 56.7 Å². The normalized spacial score (nSPS) is 51.3. The number of carbonyl (C=O) groups excluding carboxylic acids is 2. The summed E-state index contributed by atoms with van der Waals surface area (Å²) in [4.78, 5) is 26.3. The Morgan fingerprint density at radius 2 is 1.76 bits per heavy atom. The van der Waals surface area contributed by atoms with Gasteiger partial charge in [0.05, 0.1) is 37.6 Å². The molecule has 13 atom stereocenters. The first-order valence-corrected chi connectivity index (χ1v) is 18.3. The van der Waals surface area contributed by atoms with Crippen molar-refractivity contribution in [3.63, 3.8) is 0 Å². The molecule has 0 aromatic rings. The van der Waals surface area contributed by atoms with Gasteiger partial charge in [0, 0.05) is 31.3 Å². The summed E-state index contributed by atoms with van der Waals surface area (Å²) in [5.41, 5.74) is 0.479. The summed E-state index contributed by atoms with van der Waals surface area (Å²) in [6.45, 7) is 19.9. The number of aliphatic hydroxyl groups is 1. The molecule has 7 aliphatic rings. The lowest BCUT2D eigenvalue weighted by molar-refractivity contribution is -0.248. The zero-order valence-electron chi connectivity index (χ0n) is 29.2. The number of rotatable bonds is 5. The van der Waals surface area contributed by atoms with Crippen LogP contribution in [0.3, 0.4) is 0 Å². The van der Waals surface area contributed by atoms with Gasteiger partial charge in [0.25, 0.3) is 0 Å². The number of carbonyl (C=O) groups is 2. The number of hydrogen-bond acceptors (Lipinski definition) is 6. The Labute approximate surface area is 271 Å². The second-order valence-corrected chi connectivity index (χ2v) is 17.9. The Morgan fingerprint density at radius 1 is 1.04 bits per heavy atom. The molecule has 5 aliphatic carbocycles. The van der Waals surface area contributed by atoms with E-state index in [-0.39, 0.29) is 58.6 Å². The average molecular weight is 629 g/mol. The fourth-order valence-corrected chi connectivity index (χ4v) is 13.5. The van der Waals surface area contributed by atoms with Gasteiger partial charge < -0.3 is 29.5 Å². The summed E-state index contributed by atoms with van der Waals surface area (Å²) < 4.78 is 19.6. The molecule has 0 radical (unpaired) electrons. The van der Waals surface area contributed by atoms with Crippen molar-refractivity contribution in [2.24, 2.45) is 56.7 Å². The highest BCUT2D eigenvalue weighted by Gasteiger charge is 2.84. The molecule has 0 aromatic carbocycles. The third-order valence-corrected chi connectivity index (χ3v) is 15.5. The van der Waals surface area contributed by atoms with Crippen LogP contribution >= 0.6 is 0 Å². The summed E-state index contributed by atoms with van der Waals surface area (Å²) in [6.07, 6.45) is 8.27. The summed E-state index contributed by atoms with van der Waals surface area (Å²) in [5.74, 6) is 2.01. The number of morpholine rings is 1. The van der Waals surface area contributed by atoms with Gasteiger partial charge in [0.2, 0.25) is 11.8 Å². The zero-order valence-corrected chi connectivity index (χ0v) is 29.2. The Kier molecular flexibility index (Phi) is 7.64. The molecule has 7 rings (SSSR count). The van der Waals surface area contributed by atoms with Crippen molar-refractivity contribution in [3.8, 4) is 0 Å². The van der Waals surface area contributed by atoms with Crippen LogP contribution in [0.2, 0.25) is 0 Å². The van der Waals surface area contributed by atoms with Gasteiger partial charge in [-0.25, -0.2) is 0 Å². The van der Waals surface area contributed by atoms with Gasteiger partial charge in [0.1, 0.15) is 0 Å². The molecule has 45 heavy (non-hydrogen) atoms. The quantitative estimate of drug-likeness (QED) is 0.437. The monoisotopic (exact) mass is 628 g/mol. The van der Waals surface area contributed by atoms with E-state index in [2.05, 4.69) is 39.9 Å². The van der Waals surface area contributed by atoms with E-state index in [4.69, 9.17) is 14.2 Å². The molecule has 2 aliphatic heterocycles. The van der Waals surface area contributed by atoms with E-state index in [0.29, 0.717) is 60.7 Å². The fourth-order valence-electron chi connectivity index (χ4n) is 13.5. The smallest absolute Gasteiger partial charge is 0.225 e. The van der Waals surface area contributed by atoms with Crippen molar-refractivity contribution >= 4 is 11.8 Å². The molecule has 2 amide bonds. The Hall–Kier alpha value is -1.22. The lowest BCUT2D eigenvalue weighted by Gasteiger charge is -2.64. The molecule has 8 heteroatoms. The maximum atomic E-state index is 12.7. The molecule has 2 saturated heterocycles. The van der Waals surface area contributed by atoms with E-state index < -0.39 is 6.10 Å². The third-order valence-electron chi connectivity index (χ3n) is 15.5. The first-order chi connectivity index (χ1) is 21.1. The Bertz CT molecular complexity index is 1210. The predicted octanol–water partition coefficient (Wildman–Crippen LogP) is 5.16. The van der Waals surface area contributed by atoms with Crippen molar-refractivity contribution < 1.29 is 28.9 Å². The number of fused-ring (bicyclic) bond motifs is 4. The van der Waals surface area contributed by atoms with E-state index in [9.17, 15) is 14.7 Å². The number of ether oxygens (including phenoxy) is 3. The molecule has 0 aromatic heterocycles. The molecule has 5 saturated carbocycles. The molecule has 7 fully saturated rings. The topological polar surface area (TPSA) is 97.3 Å². The highest BCUT2D eigenvalue weighted by Crippen LogP contribution is 2.89. The second kappa shape index (κ2) is 10.6. The third kappa shape index (κ3) is 4.36. The first-order valence-electron chi connectivity index (χ1n) is 18.3. The van der Waals surface area contributed by atoms with Gasteiger partial charge in [-0.3, -0.25) is 9.59 Å². The highest BCUT2D eigenvalue weighted by atomic mass is 16.7.